The highest BCUT2D eigenvalue weighted by molar-refractivity contribution is 6.35. The van der Waals surface area contributed by atoms with Crippen LogP contribution in [0.1, 0.15) is 39.0 Å². The molecule has 0 saturated carbocycles. The zero-order valence-corrected chi connectivity index (χ0v) is 17.8. The van der Waals surface area contributed by atoms with Crippen LogP contribution in [0.25, 0.3) is 0 Å². The third kappa shape index (κ3) is 3.67. The summed E-state index contributed by atoms with van der Waals surface area (Å²) in [4.78, 5) is 27.4. The molecule has 1 N–H and O–H groups in total. The first-order valence-electron chi connectivity index (χ1n) is 9.19. The molecule has 0 radical (unpaired) electrons. The van der Waals surface area contributed by atoms with E-state index < -0.39 is 17.9 Å². The van der Waals surface area contributed by atoms with Gasteiger partial charge < -0.3 is 10.0 Å². The van der Waals surface area contributed by atoms with Crippen LogP contribution in [-0.4, -0.2) is 21.9 Å². The number of halogens is 3. The molecular formula is C23H16Cl3NO3. The van der Waals surface area contributed by atoms with Gasteiger partial charge in [0.1, 0.15) is 5.92 Å². The van der Waals surface area contributed by atoms with Crippen molar-refractivity contribution in [3.63, 3.8) is 0 Å². The van der Waals surface area contributed by atoms with Gasteiger partial charge in [0.15, 0.2) is 0 Å². The number of carboxylic acids is 1. The van der Waals surface area contributed by atoms with Gasteiger partial charge in [-0.1, -0.05) is 77.3 Å². The van der Waals surface area contributed by atoms with Gasteiger partial charge in [-0.2, -0.15) is 0 Å². The van der Waals surface area contributed by atoms with E-state index in [-0.39, 0.29) is 12.5 Å². The van der Waals surface area contributed by atoms with Gasteiger partial charge in [-0.15, -0.1) is 0 Å². The lowest BCUT2D eigenvalue weighted by Gasteiger charge is -2.41. The van der Waals surface area contributed by atoms with Gasteiger partial charge >= 0.3 is 5.97 Å². The normalized spacial score (nSPS) is 18.2. The number of amides is 1. The summed E-state index contributed by atoms with van der Waals surface area (Å²) >= 11 is 18.9. The van der Waals surface area contributed by atoms with Crippen molar-refractivity contribution in [2.45, 2.75) is 18.5 Å². The average Bonchev–Trinajstić information content (AvgIpc) is 2.71. The molecule has 7 heteroatoms. The molecule has 0 bridgehead atoms. The monoisotopic (exact) mass is 459 g/mol. The number of carbonyl (C=O) groups excluding carboxylic acids is 1. The maximum Gasteiger partial charge on any atom is 0.313 e. The number of nitrogens with zero attached hydrogens (tertiary/aromatic N) is 1. The van der Waals surface area contributed by atoms with Crippen molar-refractivity contribution in [2.24, 2.45) is 0 Å². The number of hydrogen-bond donors (Lipinski definition) is 1. The van der Waals surface area contributed by atoms with Crippen LogP contribution >= 0.6 is 34.8 Å². The second kappa shape index (κ2) is 8.31. The van der Waals surface area contributed by atoms with Crippen molar-refractivity contribution in [1.29, 1.82) is 0 Å². The Hall–Kier alpha value is -2.53. The van der Waals surface area contributed by atoms with Crippen LogP contribution in [0, 0.1) is 0 Å². The maximum atomic E-state index is 13.5. The molecule has 4 rings (SSSR count). The maximum absolute atomic E-state index is 13.5. The van der Waals surface area contributed by atoms with Crippen LogP contribution in [0.2, 0.25) is 15.1 Å². The molecule has 2 unspecified atom stereocenters. The summed E-state index contributed by atoms with van der Waals surface area (Å²) in [6.07, 6.45) is 0. The average molecular weight is 461 g/mol. The number of carboxylic acid groups (broad SMARTS) is 1. The Labute approximate surface area is 188 Å². The molecule has 0 saturated heterocycles. The van der Waals surface area contributed by atoms with Crippen molar-refractivity contribution in [2.75, 3.05) is 0 Å². The standard InChI is InChI=1S/C23H16Cl3NO3/c24-14-9-10-17(19(26)11-14)21-20(23(29)30)15-6-2-3-7-16(15)22(28)27(21)12-13-5-1-4-8-18(13)25/h1-11,20-21H,12H2,(H,29,30). The SMILES string of the molecule is O=C(O)C1c2ccccc2C(=O)N(Cc2ccccc2Cl)C1c1ccc(Cl)cc1Cl. The Morgan fingerprint density at radius 3 is 2.30 bits per heavy atom. The number of benzene rings is 3. The predicted molar refractivity (Wildman–Crippen MR) is 117 cm³/mol. The molecule has 152 valence electrons. The van der Waals surface area contributed by atoms with Gasteiger partial charge in [-0.3, -0.25) is 9.59 Å². The first-order valence-corrected chi connectivity index (χ1v) is 10.3. The molecule has 4 nitrogen and oxygen atoms in total. The topological polar surface area (TPSA) is 57.6 Å². The molecule has 0 aromatic heterocycles. The van der Waals surface area contributed by atoms with Crippen LogP contribution in [0.4, 0.5) is 0 Å². The summed E-state index contributed by atoms with van der Waals surface area (Å²) in [6, 6.07) is 18.0. The molecule has 3 aromatic rings. The van der Waals surface area contributed by atoms with Crippen LogP contribution in [-0.2, 0) is 11.3 Å². The molecule has 0 spiro atoms. The highest BCUT2D eigenvalue weighted by Crippen LogP contribution is 2.46. The molecule has 1 aliphatic rings. The minimum atomic E-state index is -1.05. The smallest absolute Gasteiger partial charge is 0.313 e. The lowest BCUT2D eigenvalue weighted by molar-refractivity contribution is -0.140. The van der Waals surface area contributed by atoms with Crippen molar-refractivity contribution >= 4 is 46.7 Å². The highest BCUT2D eigenvalue weighted by Gasteiger charge is 2.45. The lowest BCUT2D eigenvalue weighted by atomic mass is 9.79. The first kappa shape index (κ1) is 20.7. The summed E-state index contributed by atoms with van der Waals surface area (Å²) < 4.78 is 0. The third-order valence-corrected chi connectivity index (χ3v) is 6.22. The van der Waals surface area contributed by atoms with Gasteiger partial charge in [0.2, 0.25) is 0 Å². The summed E-state index contributed by atoms with van der Waals surface area (Å²) in [6.45, 7) is 0.139. The van der Waals surface area contributed by atoms with Crippen LogP contribution in [0.15, 0.2) is 66.7 Å². The fourth-order valence-electron chi connectivity index (χ4n) is 3.93. The Morgan fingerprint density at radius 2 is 1.60 bits per heavy atom. The van der Waals surface area contributed by atoms with E-state index in [1.165, 1.54) is 4.90 Å². The quantitative estimate of drug-likeness (QED) is 0.503. The Kier molecular flexibility index (Phi) is 5.74. The van der Waals surface area contributed by atoms with Crippen LogP contribution in [0.3, 0.4) is 0 Å². The summed E-state index contributed by atoms with van der Waals surface area (Å²) in [5.74, 6) is -2.32. The molecule has 1 amide bonds. The second-order valence-corrected chi connectivity index (χ2v) is 8.29. The summed E-state index contributed by atoms with van der Waals surface area (Å²) in [5.41, 5.74) is 2.05. The number of fused-ring (bicyclic) bond motifs is 1. The molecular weight excluding hydrogens is 445 g/mol. The molecule has 0 aliphatic carbocycles. The highest BCUT2D eigenvalue weighted by atomic mass is 35.5. The van der Waals surface area contributed by atoms with E-state index in [4.69, 9.17) is 34.8 Å². The Morgan fingerprint density at radius 1 is 0.900 bits per heavy atom. The van der Waals surface area contributed by atoms with Gasteiger partial charge in [0.25, 0.3) is 5.91 Å². The molecule has 2 atom stereocenters. The second-order valence-electron chi connectivity index (χ2n) is 7.04. The number of hydrogen-bond acceptors (Lipinski definition) is 2. The van der Waals surface area contributed by atoms with E-state index in [0.717, 1.165) is 0 Å². The fraction of sp³-hybridized carbons (Fsp3) is 0.130. The van der Waals surface area contributed by atoms with E-state index in [1.54, 1.807) is 54.6 Å². The molecule has 1 aliphatic heterocycles. The van der Waals surface area contributed by atoms with E-state index in [9.17, 15) is 14.7 Å². The van der Waals surface area contributed by atoms with Crippen LogP contribution in [0.5, 0.6) is 0 Å². The zero-order valence-electron chi connectivity index (χ0n) is 15.6. The first-order chi connectivity index (χ1) is 14.4. The van der Waals surface area contributed by atoms with E-state index in [2.05, 4.69) is 0 Å². The van der Waals surface area contributed by atoms with E-state index >= 15 is 0 Å². The number of carbonyl (C=O) groups is 2. The zero-order chi connectivity index (χ0) is 21.4. The number of aliphatic carboxylic acids is 1. The Bertz CT molecular complexity index is 1150. The summed E-state index contributed by atoms with van der Waals surface area (Å²) in [7, 11) is 0. The Balaban J connectivity index is 1.93. The molecule has 1 heterocycles. The predicted octanol–water partition coefficient (Wildman–Crippen LogP) is 6.21. The van der Waals surface area contributed by atoms with Crippen molar-refractivity contribution < 1.29 is 14.7 Å². The van der Waals surface area contributed by atoms with Gasteiger partial charge in [0.05, 0.1) is 6.04 Å². The van der Waals surface area contributed by atoms with Crippen molar-refractivity contribution in [3.8, 4) is 0 Å². The largest absolute Gasteiger partial charge is 0.481 e. The van der Waals surface area contributed by atoms with Gasteiger partial charge in [0, 0.05) is 27.2 Å². The molecule has 3 aromatic carbocycles. The summed E-state index contributed by atoms with van der Waals surface area (Å²) in [5, 5.41) is 11.4. The van der Waals surface area contributed by atoms with Gasteiger partial charge in [-0.25, -0.2) is 0 Å². The van der Waals surface area contributed by atoms with E-state index in [1.807, 2.05) is 12.1 Å². The van der Waals surface area contributed by atoms with Crippen LogP contribution < -0.4 is 0 Å². The molecule has 0 fully saturated rings. The number of rotatable bonds is 4. The third-order valence-electron chi connectivity index (χ3n) is 5.28. The van der Waals surface area contributed by atoms with Gasteiger partial charge in [-0.05, 0) is 41.0 Å². The fourth-order valence-corrected chi connectivity index (χ4v) is 4.65. The van der Waals surface area contributed by atoms with Crippen molar-refractivity contribution in [3.05, 3.63) is 104 Å². The van der Waals surface area contributed by atoms with E-state index in [0.29, 0.717) is 37.3 Å². The lowest BCUT2D eigenvalue weighted by Crippen LogP contribution is -2.44. The minimum absolute atomic E-state index is 0.139. The minimum Gasteiger partial charge on any atom is -0.481 e. The van der Waals surface area contributed by atoms with Crippen molar-refractivity contribution in [1.82, 2.24) is 4.90 Å². The molecule has 30 heavy (non-hydrogen) atoms.